The van der Waals surface area contributed by atoms with Crippen LogP contribution in [0.4, 0.5) is 22.0 Å². The molecule has 35 heavy (non-hydrogen) atoms. The number of rotatable bonds is 8. The Morgan fingerprint density at radius 1 is 0.914 bits per heavy atom. The van der Waals surface area contributed by atoms with Crippen molar-refractivity contribution in [3.63, 3.8) is 0 Å². The van der Waals surface area contributed by atoms with Crippen molar-refractivity contribution in [2.24, 2.45) is 0 Å². The second-order valence-corrected chi connectivity index (χ2v) is 7.48. The zero-order chi connectivity index (χ0) is 25.9. The van der Waals surface area contributed by atoms with E-state index < -0.39 is 36.6 Å². The van der Waals surface area contributed by atoms with E-state index in [0.29, 0.717) is 17.1 Å². The molecular weight excluding hydrogens is 477 g/mol. The third-order valence-electron chi connectivity index (χ3n) is 4.99. The van der Waals surface area contributed by atoms with Gasteiger partial charge in [-0.3, -0.25) is 4.79 Å². The zero-order valence-corrected chi connectivity index (χ0v) is 18.7. The topological polar surface area (TPSA) is 66.8 Å². The van der Waals surface area contributed by atoms with E-state index in [1.807, 2.05) is 0 Å². The van der Waals surface area contributed by atoms with Crippen LogP contribution >= 0.6 is 0 Å². The summed E-state index contributed by atoms with van der Waals surface area (Å²) >= 11 is 0. The fourth-order valence-corrected chi connectivity index (χ4v) is 3.48. The number of aromatic nitrogens is 1. The van der Waals surface area contributed by atoms with Crippen LogP contribution < -0.4 is 9.47 Å². The van der Waals surface area contributed by atoms with Crippen molar-refractivity contribution in [3.8, 4) is 17.2 Å². The molecule has 1 atom stereocenters. The molecule has 2 aromatic carbocycles. The Hall–Kier alpha value is -3.89. The number of aryl methyl sites for hydroxylation is 1. The first-order valence-corrected chi connectivity index (χ1v) is 10.2. The third-order valence-corrected chi connectivity index (χ3v) is 4.99. The van der Waals surface area contributed by atoms with Gasteiger partial charge >= 0.3 is 18.9 Å². The summed E-state index contributed by atoms with van der Waals surface area (Å²) in [5, 5.41) is 0. The van der Waals surface area contributed by atoms with Gasteiger partial charge in [0.15, 0.2) is 6.10 Å². The van der Waals surface area contributed by atoms with E-state index in [0.717, 1.165) is 24.3 Å². The molecule has 6 nitrogen and oxygen atoms in total. The van der Waals surface area contributed by atoms with Crippen LogP contribution in [0.15, 0.2) is 54.6 Å². The highest BCUT2D eigenvalue weighted by Crippen LogP contribution is 2.26. The molecule has 0 spiro atoms. The monoisotopic (exact) mass is 497 g/mol. The quantitative estimate of drug-likeness (QED) is 0.216. The molecule has 0 saturated carbocycles. The Labute approximate surface area is 196 Å². The first-order valence-electron chi connectivity index (χ1n) is 10.2. The molecule has 0 aliphatic rings. The first kappa shape index (κ1) is 25.7. The number of carbonyl (C=O) groups is 2. The van der Waals surface area contributed by atoms with Crippen molar-refractivity contribution in [1.29, 1.82) is 0 Å². The normalized spacial score (nSPS) is 12.4. The van der Waals surface area contributed by atoms with E-state index in [9.17, 15) is 31.5 Å². The van der Waals surface area contributed by atoms with Crippen molar-refractivity contribution in [3.05, 3.63) is 77.1 Å². The standard InChI is InChI=1S/C24H20F5NO5/c1-13-12-20(14(2)30(13)17-6-10-18(11-7-17)34-23(25)26)21(31)15(3)33-22(32)16-4-8-19(9-5-16)35-24(27,28)29/h4-12,15,23H,1-3H3. The molecule has 1 aromatic heterocycles. The van der Waals surface area contributed by atoms with Crippen molar-refractivity contribution in [2.75, 3.05) is 0 Å². The Bertz CT molecular complexity index is 1200. The zero-order valence-electron chi connectivity index (χ0n) is 18.7. The lowest BCUT2D eigenvalue weighted by atomic mass is 10.1. The van der Waals surface area contributed by atoms with Crippen molar-refractivity contribution in [1.82, 2.24) is 4.57 Å². The van der Waals surface area contributed by atoms with Gasteiger partial charge in [-0.05, 0) is 75.4 Å². The highest BCUT2D eigenvalue weighted by molar-refractivity contribution is 6.02. The SMILES string of the molecule is Cc1cc(C(=O)C(C)OC(=O)c2ccc(OC(F)(F)F)cc2)c(C)n1-c1ccc(OC(F)F)cc1. The summed E-state index contributed by atoms with van der Waals surface area (Å²) in [5.41, 5.74) is 2.03. The molecule has 0 aliphatic carbocycles. The second kappa shape index (κ2) is 10.2. The van der Waals surface area contributed by atoms with Crippen LogP contribution in [0, 0.1) is 13.8 Å². The minimum absolute atomic E-state index is 0.0129. The summed E-state index contributed by atoms with van der Waals surface area (Å²) in [6.45, 7) is 1.85. The smallest absolute Gasteiger partial charge is 0.451 e. The molecule has 0 N–H and O–H groups in total. The molecule has 0 bridgehead atoms. The van der Waals surface area contributed by atoms with Crippen molar-refractivity contribution >= 4 is 11.8 Å². The number of carbonyl (C=O) groups excluding carboxylic acids is 2. The van der Waals surface area contributed by atoms with E-state index >= 15 is 0 Å². The number of benzene rings is 2. The Morgan fingerprint density at radius 3 is 2.03 bits per heavy atom. The fraction of sp³-hybridized carbons (Fsp3) is 0.250. The van der Waals surface area contributed by atoms with Crippen LogP contribution in [0.5, 0.6) is 11.5 Å². The van der Waals surface area contributed by atoms with Crippen molar-refractivity contribution < 1.29 is 45.8 Å². The number of ketones is 1. The van der Waals surface area contributed by atoms with Gasteiger partial charge in [-0.2, -0.15) is 8.78 Å². The molecule has 0 amide bonds. The highest BCUT2D eigenvalue weighted by atomic mass is 19.4. The lowest BCUT2D eigenvalue weighted by Gasteiger charge is -2.14. The summed E-state index contributed by atoms with van der Waals surface area (Å²) in [6, 6.07) is 11.6. The number of Topliss-reactive ketones (excluding diaryl/α,β-unsaturated/α-hetero) is 1. The van der Waals surface area contributed by atoms with Crippen LogP contribution in [-0.2, 0) is 4.74 Å². The van der Waals surface area contributed by atoms with Crippen LogP contribution in [0.2, 0.25) is 0 Å². The number of esters is 1. The number of ether oxygens (including phenoxy) is 3. The minimum Gasteiger partial charge on any atom is -0.451 e. The second-order valence-electron chi connectivity index (χ2n) is 7.48. The van der Waals surface area contributed by atoms with Gasteiger partial charge in [0.25, 0.3) is 0 Å². The molecule has 3 aromatic rings. The molecular formula is C24H20F5NO5. The van der Waals surface area contributed by atoms with E-state index in [-0.39, 0.29) is 16.9 Å². The minimum atomic E-state index is -4.86. The van der Waals surface area contributed by atoms with E-state index in [4.69, 9.17) is 4.74 Å². The maximum atomic E-state index is 13.0. The molecule has 0 saturated heterocycles. The molecule has 0 fully saturated rings. The molecule has 0 aliphatic heterocycles. The highest BCUT2D eigenvalue weighted by Gasteiger charge is 2.31. The van der Waals surface area contributed by atoms with Gasteiger partial charge in [-0.15, -0.1) is 13.2 Å². The molecule has 186 valence electrons. The number of halogens is 5. The number of nitrogens with zero attached hydrogens (tertiary/aromatic N) is 1. The number of hydrogen-bond acceptors (Lipinski definition) is 5. The van der Waals surface area contributed by atoms with Crippen LogP contribution in [0.25, 0.3) is 5.69 Å². The molecule has 11 heteroatoms. The van der Waals surface area contributed by atoms with E-state index in [1.54, 1.807) is 36.6 Å². The maximum absolute atomic E-state index is 13.0. The lowest BCUT2D eigenvalue weighted by Crippen LogP contribution is -2.25. The van der Waals surface area contributed by atoms with Gasteiger partial charge < -0.3 is 18.8 Å². The summed E-state index contributed by atoms with van der Waals surface area (Å²) in [6.07, 6.45) is -6.05. The van der Waals surface area contributed by atoms with E-state index in [1.165, 1.54) is 19.1 Å². The summed E-state index contributed by atoms with van der Waals surface area (Å²) < 4.78 is 76.6. The van der Waals surface area contributed by atoms with Gasteiger partial charge in [0.1, 0.15) is 11.5 Å². The Balaban J connectivity index is 1.73. The van der Waals surface area contributed by atoms with Gasteiger partial charge in [-0.1, -0.05) is 0 Å². The lowest BCUT2D eigenvalue weighted by molar-refractivity contribution is -0.274. The number of alkyl halides is 5. The fourth-order valence-electron chi connectivity index (χ4n) is 3.48. The molecule has 1 unspecified atom stereocenters. The van der Waals surface area contributed by atoms with Crippen LogP contribution in [0.3, 0.4) is 0 Å². The predicted octanol–water partition coefficient (Wildman–Crippen LogP) is 6.02. The molecule has 1 heterocycles. The third kappa shape index (κ3) is 6.37. The average molecular weight is 497 g/mol. The predicted molar refractivity (Wildman–Crippen MR) is 114 cm³/mol. The summed E-state index contributed by atoms with van der Waals surface area (Å²) in [5.74, 6) is -1.90. The first-order chi connectivity index (χ1) is 16.4. The number of hydrogen-bond donors (Lipinski definition) is 0. The largest absolute Gasteiger partial charge is 0.573 e. The van der Waals surface area contributed by atoms with E-state index in [2.05, 4.69) is 9.47 Å². The van der Waals surface area contributed by atoms with Crippen LogP contribution in [-0.4, -0.2) is 35.4 Å². The molecule has 3 rings (SSSR count). The van der Waals surface area contributed by atoms with Gasteiger partial charge in [0, 0.05) is 22.6 Å². The van der Waals surface area contributed by atoms with Gasteiger partial charge in [0.05, 0.1) is 5.56 Å². The maximum Gasteiger partial charge on any atom is 0.573 e. The summed E-state index contributed by atoms with van der Waals surface area (Å²) in [7, 11) is 0. The summed E-state index contributed by atoms with van der Waals surface area (Å²) in [4.78, 5) is 25.3. The van der Waals surface area contributed by atoms with Gasteiger partial charge in [-0.25, -0.2) is 4.79 Å². The van der Waals surface area contributed by atoms with Crippen LogP contribution in [0.1, 0.15) is 39.0 Å². The Morgan fingerprint density at radius 2 is 1.49 bits per heavy atom. The average Bonchev–Trinajstić information content (AvgIpc) is 3.06. The van der Waals surface area contributed by atoms with Gasteiger partial charge in [0.2, 0.25) is 5.78 Å². The van der Waals surface area contributed by atoms with Crippen molar-refractivity contribution in [2.45, 2.75) is 39.8 Å². The molecule has 0 radical (unpaired) electrons. The Kier molecular flexibility index (Phi) is 7.47.